The van der Waals surface area contributed by atoms with Crippen LogP contribution in [0, 0.1) is 17.7 Å². The summed E-state index contributed by atoms with van der Waals surface area (Å²) in [4.78, 5) is 2.14. The summed E-state index contributed by atoms with van der Waals surface area (Å²) in [7, 11) is 0. The monoisotopic (exact) mass is 248 g/mol. The molecule has 3 nitrogen and oxygen atoms in total. The van der Waals surface area contributed by atoms with Gasteiger partial charge >= 0.3 is 0 Å². The summed E-state index contributed by atoms with van der Waals surface area (Å²) in [5.74, 6) is 5.35. The van der Waals surface area contributed by atoms with Crippen molar-refractivity contribution in [3.8, 4) is 11.8 Å². The van der Waals surface area contributed by atoms with Crippen LogP contribution in [0.4, 0.5) is 4.39 Å². The maximum atomic E-state index is 13.2. The van der Waals surface area contributed by atoms with Gasteiger partial charge in [-0.1, -0.05) is 17.9 Å². The molecular weight excluding hydrogens is 231 g/mol. The molecule has 1 aromatic rings. The second-order valence-corrected chi connectivity index (χ2v) is 4.48. The third-order valence-corrected chi connectivity index (χ3v) is 3.04. The van der Waals surface area contributed by atoms with Crippen LogP contribution in [0.5, 0.6) is 0 Å². The molecule has 1 fully saturated rings. The number of nitrogens with zero attached hydrogens (tertiary/aromatic N) is 1. The molecule has 0 aliphatic carbocycles. The topological polar surface area (TPSA) is 49.5 Å². The van der Waals surface area contributed by atoms with Crippen molar-refractivity contribution in [2.24, 2.45) is 5.73 Å². The summed E-state index contributed by atoms with van der Waals surface area (Å²) in [6, 6.07) is 4.63. The molecule has 96 valence electrons. The largest absolute Gasteiger partial charge is 0.392 e. The first-order valence-electron chi connectivity index (χ1n) is 6.07. The fourth-order valence-corrected chi connectivity index (χ4v) is 2.15. The summed E-state index contributed by atoms with van der Waals surface area (Å²) in [6.45, 7) is 2.48. The Balaban J connectivity index is 2.16. The van der Waals surface area contributed by atoms with Crippen LogP contribution in [-0.2, 0) is 6.54 Å². The lowest BCUT2D eigenvalue weighted by Crippen LogP contribution is -2.22. The minimum Gasteiger partial charge on any atom is -0.392 e. The molecule has 0 aromatic heterocycles. The van der Waals surface area contributed by atoms with Crippen LogP contribution >= 0.6 is 0 Å². The minimum atomic E-state index is -0.290. The Morgan fingerprint density at radius 2 is 2.33 bits per heavy atom. The molecule has 1 unspecified atom stereocenters. The molecule has 0 spiro atoms. The third-order valence-electron chi connectivity index (χ3n) is 3.04. The van der Waals surface area contributed by atoms with Gasteiger partial charge in [-0.25, -0.2) is 4.39 Å². The van der Waals surface area contributed by atoms with Crippen molar-refractivity contribution < 1.29 is 9.50 Å². The first kappa shape index (κ1) is 13.0. The molecule has 2 rings (SSSR count). The van der Waals surface area contributed by atoms with Gasteiger partial charge in [0.25, 0.3) is 0 Å². The molecule has 0 bridgehead atoms. The molecule has 1 aliphatic heterocycles. The van der Waals surface area contributed by atoms with E-state index in [1.54, 1.807) is 6.07 Å². The second-order valence-electron chi connectivity index (χ2n) is 4.48. The standard InChI is InChI=1S/C14H17FN2O/c15-13-4-3-12(11(8-13)2-1-6-16)9-17-7-5-14(18)10-17/h3-4,8,14,18H,5-7,9-10,16H2. The van der Waals surface area contributed by atoms with Gasteiger partial charge in [-0.3, -0.25) is 4.90 Å². The lowest BCUT2D eigenvalue weighted by atomic mass is 10.1. The van der Waals surface area contributed by atoms with Gasteiger partial charge in [-0.05, 0) is 24.1 Å². The van der Waals surface area contributed by atoms with Gasteiger partial charge in [-0.2, -0.15) is 0 Å². The van der Waals surface area contributed by atoms with Crippen molar-refractivity contribution in [1.82, 2.24) is 4.90 Å². The van der Waals surface area contributed by atoms with Gasteiger partial charge < -0.3 is 10.8 Å². The van der Waals surface area contributed by atoms with Gasteiger partial charge in [0.15, 0.2) is 0 Å². The van der Waals surface area contributed by atoms with Gasteiger partial charge in [0.1, 0.15) is 5.82 Å². The van der Waals surface area contributed by atoms with Gasteiger partial charge in [-0.15, -0.1) is 0 Å². The molecule has 18 heavy (non-hydrogen) atoms. The van der Waals surface area contributed by atoms with E-state index in [2.05, 4.69) is 16.7 Å². The van der Waals surface area contributed by atoms with Gasteiger partial charge in [0, 0.05) is 25.2 Å². The van der Waals surface area contributed by atoms with E-state index in [4.69, 9.17) is 5.73 Å². The fraction of sp³-hybridized carbons (Fsp3) is 0.429. The highest BCUT2D eigenvalue weighted by Crippen LogP contribution is 2.17. The minimum absolute atomic E-state index is 0.246. The summed E-state index contributed by atoms with van der Waals surface area (Å²) in [5, 5.41) is 9.49. The summed E-state index contributed by atoms with van der Waals surface area (Å²) >= 11 is 0. The van der Waals surface area contributed by atoms with E-state index >= 15 is 0 Å². The average Bonchev–Trinajstić information content (AvgIpc) is 2.75. The van der Waals surface area contributed by atoms with Crippen molar-refractivity contribution in [3.05, 3.63) is 35.1 Å². The highest BCUT2D eigenvalue weighted by atomic mass is 19.1. The number of benzene rings is 1. The molecule has 1 aliphatic rings. The molecule has 1 atom stereocenters. The number of hydrogen-bond donors (Lipinski definition) is 2. The fourth-order valence-electron chi connectivity index (χ4n) is 2.15. The van der Waals surface area contributed by atoms with E-state index in [1.165, 1.54) is 12.1 Å². The van der Waals surface area contributed by atoms with Crippen molar-refractivity contribution in [1.29, 1.82) is 0 Å². The Kier molecular flexibility index (Phi) is 4.32. The third kappa shape index (κ3) is 3.30. The number of β-amino-alcohol motifs (C(OH)–C–C–N with tert-alkyl or cyclic N) is 1. The van der Waals surface area contributed by atoms with Crippen LogP contribution < -0.4 is 5.73 Å². The Hall–Kier alpha value is -1.41. The maximum Gasteiger partial charge on any atom is 0.124 e. The molecular formula is C14H17FN2O. The normalized spacial score (nSPS) is 19.6. The molecule has 4 heteroatoms. The molecule has 3 N–H and O–H groups in total. The van der Waals surface area contributed by atoms with Gasteiger partial charge in [0.05, 0.1) is 12.6 Å². The smallest absolute Gasteiger partial charge is 0.124 e. The molecule has 1 heterocycles. The number of likely N-dealkylation sites (tertiary alicyclic amines) is 1. The number of hydrogen-bond acceptors (Lipinski definition) is 3. The molecule has 0 radical (unpaired) electrons. The SMILES string of the molecule is NCC#Cc1cc(F)ccc1CN1CCC(O)C1. The Bertz CT molecular complexity index is 478. The van der Waals surface area contributed by atoms with E-state index in [-0.39, 0.29) is 18.5 Å². The lowest BCUT2D eigenvalue weighted by molar-refractivity contribution is 0.174. The number of halogens is 1. The number of nitrogens with two attached hydrogens (primary N) is 1. The van der Waals surface area contributed by atoms with Crippen molar-refractivity contribution in [2.75, 3.05) is 19.6 Å². The zero-order valence-corrected chi connectivity index (χ0v) is 10.2. The van der Waals surface area contributed by atoms with Crippen LogP contribution in [0.1, 0.15) is 17.5 Å². The van der Waals surface area contributed by atoms with E-state index in [0.717, 1.165) is 18.5 Å². The Labute approximate surface area is 106 Å². The van der Waals surface area contributed by atoms with Crippen molar-refractivity contribution in [2.45, 2.75) is 19.1 Å². The summed E-state index contributed by atoms with van der Waals surface area (Å²) < 4.78 is 13.2. The van der Waals surface area contributed by atoms with Crippen LogP contribution in [0.2, 0.25) is 0 Å². The Morgan fingerprint density at radius 1 is 1.50 bits per heavy atom. The summed E-state index contributed by atoms with van der Waals surface area (Å²) in [6.07, 6.45) is 0.550. The van der Waals surface area contributed by atoms with Crippen LogP contribution in [0.3, 0.4) is 0 Å². The molecule has 1 aromatic carbocycles. The molecule has 0 saturated carbocycles. The van der Waals surface area contributed by atoms with Crippen LogP contribution in [0.25, 0.3) is 0 Å². The van der Waals surface area contributed by atoms with E-state index in [9.17, 15) is 9.50 Å². The second kappa shape index (κ2) is 5.96. The highest BCUT2D eigenvalue weighted by molar-refractivity contribution is 5.42. The number of aliphatic hydroxyl groups is 1. The lowest BCUT2D eigenvalue weighted by Gasteiger charge is -2.16. The zero-order chi connectivity index (χ0) is 13.0. The number of rotatable bonds is 2. The van der Waals surface area contributed by atoms with Crippen LogP contribution in [-0.4, -0.2) is 35.7 Å². The zero-order valence-electron chi connectivity index (χ0n) is 10.2. The molecule has 1 saturated heterocycles. The predicted molar refractivity (Wildman–Crippen MR) is 68.2 cm³/mol. The van der Waals surface area contributed by atoms with Crippen LogP contribution in [0.15, 0.2) is 18.2 Å². The van der Waals surface area contributed by atoms with E-state index in [0.29, 0.717) is 18.7 Å². The van der Waals surface area contributed by atoms with Gasteiger partial charge in [0.2, 0.25) is 0 Å². The first-order chi connectivity index (χ1) is 8.69. The molecule has 0 amide bonds. The van der Waals surface area contributed by atoms with Crippen molar-refractivity contribution in [3.63, 3.8) is 0 Å². The highest BCUT2D eigenvalue weighted by Gasteiger charge is 2.20. The van der Waals surface area contributed by atoms with E-state index in [1.807, 2.05) is 0 Å². The predicted octanol–water partition coefficient (Wildman–Crippen LogP) is 0.703. The first-order valence-corrected chi connectivity index (χ1v) is 6.07. The number of aliphatic hydroxyl groups excluding tert-OH is 1. The summed E-state index contributed by atoms with van der Waals surface area (Å²) in [5.41, 5.74) is 7.00. The van der Waals surface area contributed by atoms with E-state index < -0.39 is 0 Å². The quantitative estimate of drug-likeness (QED) is 0.758. The average molecular weight is 248 g/mol. The van der Waals surface area contributed by atoms with Crippen molar-refractivity contribution >= 4 is 0 Å². The Morgan fingerprint density at radius 3 is 3.00 bits per heavy atom. The maximum absolute atomic E-state index is 13.2.